The van der Waals surface area contributed by atoms with Gasteiger partial charge < -0.3 is 14.4 Å². The maximum absolute atomic E-state index is 14.7. The molecule has 1 aromatic carbocycles. The standard InChI is InChI=1S/C18H23FN2O2/c1-21(2)17(20)18(23-12-11-22-3)10-9-15(16(19)13-18)14-7-5-4-6-8-14/h4-10,13,15,20H,11-12H2,1-3H3. The topological polar surface area (TPSA) is 45.6 Å². The van der Waals surface area contributed by atoms with Crippen LogP contribution in [0.3, 0.4) is 0 Å². The highest BCUT2D eigenvalue weighted by Crippen LogP contribution is 2.36. The average molecular weight is 318 g/mol. The molecule has 2 unspecified atom stereocenters. The summed E-state index contributed by atoms with van der Waals surface area (Å²) in [5.41, 5.74) is -0.323. The van der Waals surface area contributed by atoms with E-state index in [0.717, 1.165) is 5.56 Å². The lowest BCUT2D eigenvalue weighted by atomic mass is 9.86. The molecule has 0 saturated heterocycles. The fraction of sp³-hybridized carbons (Fsp3) is 0.389. The van der Waals surface area contributed by atoms with E-state index in [1.807, 2.05) is 30.3 Å². The zero-order valence-corrected chi connectivity index (χ0v) is 13.8. The van der Waals surface area contributed by atoms with E-state index in [1.54, 1.807) is 38.3 Å². The van der Waals surface area contributed by atoms with Gasteiger partial charge in [0, 0.05) is 21.2 Å². The van der Waals surface area contributed by atoms with Gasteiger partial charge in [0.25, 0.3) is 0 Å². The first-order chi connectivity index (χ1) is 11.0. The van der Waals surface area contributed by atoms with Gasteiger partial charge in [0.15, 0.2) is 5.60 Å². The van der Waals surface area contributed by atoms with Crippen molar-refractivity contribution < 1.29 is 13.9 Å². The van der Waals surface area contributed by atoms with Crippen LogP contribution in [0, 0.1) is 5.41 Å². The predicted octanol–water partition coefficient (Wildman–Crippen LogP) is 3.13. The number of allylic oxidation sites excluding steroid dienone is 2. The van der Waals surface area contributed by atoms with Crippen molar-refractivity contribution >= 4 is 5.84 Å². The molecule has 1 aliphatic carbocycles. The normalized spacial score (nSPS) is 23.5. The molecule has 0 saturated carbocycles. The van der Waals surface area contributed by atoms with Crippen molar-refractivity contribution in [2.24, 2.45) is 0 Å². The molecular formula is C18H23FN2O2. The minimum atomic E-state index is -1.20. The Kier molecular flexibility index (Phi) is 5.69. The van der Waals surface area contributed by atoms with Gasteiger partial charge in [-0.25, -0.2) is 4.39 Å². The molecule has 0 aromatic heterocycles. The molecule has 0 aliphatic heterocycles. The smallest absolute Gasteiger partial charge is 0.164 e. The molecule has 4 nitrogen and oxygen atoms in total. The summed E-state index contributed by atoms with van der Waals surface area (Å²) < 4.78 is 25.5. The molecular weight excluding hydrogens is 295 g/mol. The van der Waals surface area contributed by atoms with Crippen LogP contribution in [-0.4, -0.2) is 50.8 Å². The first-order valence-electron chi connectivity index (χ1n) is 7.52. The number of hydrogen-bond donors (Lipinski definition) is 1. The summed E-state index contributed by atoms with van der Waals surface area (Å²) in [6, 6.07) is 9.44. The number of amidine groups is 1. The number of halogens is 1. The predicted molar refractivity (Wildman–Crippen MR) is 89.5 cm³/mol. The largest absolute Gasteiger partial charge is 0.382 e. The second-order valence-electron chi connectivity index (χ2n) is 5.65. The first kappa shape index (κ1) is 17.4. The summed E-state index contributed by atoms with van der Waals surface area (Å²) in [4.78, 5) is 1.61. The number of benzene rings is 1. The monoisotopic (exact) mass is 318 g/mol. The summed E-state index contributed by atoms with van der Waals surface area (Å²) >= 11 is 0. The quantitative estimate of drug-likeness (QED) is 0.379. The molecule has 0 bridgehead atoms. The highest BCUT2D eigenvalue weighted by atomic mass is 19.1. The Morgan fingerprint density at radius 1 is 1.26 bits per heavy atom. The number of hydrogen-bond acceptors (Lipinski definition) is 3. The molecule has 0 fully saturated rings. The molecule has 1 aromatic rings. The second kappa shape index (κ2) is 7.53. The summed E-state index contributed by atoms with van der Waals surface area (Å²) in [5.74, 6) is -0.584. The van der Waals surface area contributed by atoms with Crippen LogP contribution in [0.2, 0.25) is 0 Å². The number of rotatable bonds is 6. The molecule has 0 heterocycles. The van der Waals surface area contributed by atoms with Crippen molar-refractivity contribution in [1.29, 1.82) is 5.41 Å². The Labute approximate surface area is 136 Å². The molecule has 5 heteroatoms. The Morgan fingerprint density at radius 2 is 1.96 bits per heavy atom. The molecule has 2 rings (SSSR count). The van der Waals surface area contributed by atoms with E-state index in [4.69, 9.17) is 14.9 Å². The van der Waals surface area contributed by atoms with Crippen LogP contribution in [0.25, 0.3) is 0 Å². The molecule has 2 atom stereocenters. The SMILES string of the molecule is COCCOC1(C(=N)N(C)C)C=CC(c2ccccc2)C(F)=C1. The third-order valence-corrected chi connectivity index (χ3v) is 3.79. The van der Waals surface area contributed by atoms with Crippen LogP contribution in [0.5, 0.6) is 0 Å². The molecule has 1 N–H and O–H groups in total. The van der Waals surface area contributed by atoms with Crippen LogP contribution in [0.1, 0.15) is 11.5 Å². The van der Waals surface area contributed by atoms with Gasteiger partial charge in [-0.05, 0) is 17.7 Å². The van der Waals surface area contributed by atoms with E-state index < -0.39 is 11.5 Å². The maximum atomic E-state index is 14.7. The van der Waals surface area contributed by atoms with E-state index >= 15 is 0 Å². The first-order valence-corrected chi connectivity index (χ1v) is 7.52. The number of ether oxygens (including phenoxy) is 2. The summed E-state index contributed by atoms with van der Waals surface area (Å²) in [6.07, 6.45) is 4.91. The highest BCUT2D eigenvalue weighted by Gasteiger charge is 2.37. The summed E-state index contributed by atoms with van der Waals surface area (Å²) in [7, 11) is 5.06. The van der Waals surface area contributed by atoms with Crippen molar-refractivity contribution in [3.63, 3.8) is 0 Å². The van der Waals surface area contributed by atoms with Crippen molar-refractivity contribution in [2.45, 2.75) is 11.5 Å². The van der Waals surface area contributed by atoms with Gasteiger partial charge in [0.1, 0.15) is 11.7 Å². The van der Waals surface area contributed by atoms with Crippen LogP contribution < -0.4 is 0 Å². The van der Waals surface area contributed by atoms with Crippen LogP contribution in [-0.2, 0) is 9.47 Å². The molecule has 23 heavy (non-hydrogen) atoms. The zero-order valence-electron chi connectivity index (χ0n) is 13.8. The molecule has 124 valence electrons. The van der Waals surface area contributed by atoms with Crippen molar-refractivity contribution in [2.75, 3.05) is 34.4 Å². The number of nitrogens with zero attached hydrogens (tertiary/aromatic N) is 1. The number of nitrogens with one attached hydrogen (secondary N) is 1. The van der Waals surface area contributed by atoms with E-state index in [2.05, 4.69) is 0 Å². The Balaban J connectivity index is 2.30. The number of likely N-dealkylation sites (N-methyl/N-ethyl adjacent to an activating group) is 1. The van der Waals surface area contributed by atoms with Gasteiger partial charge in [-0.3, -0.25) is 5.41 Å². The van der Waals surface area contributed by atoms with Gasteiger partial charge in [-0.15, -0.1) is 0 Å². The lowest BCUT2D eigenvalue weighted by molar-refractivity contribution is 0.0254. The van der Waals surface area contributed by atoms with Gasteiger partial charge in [-0.2, -0.15) is 0 Å². The molecule has 0 spiro atoms. The third-order valence-electron chi connectivity index (χ3n) is 3.79. The Morgan fingerprint density at radius 3 is 2.52 bits per heavy atom. The number of methoxy groups -OCH3 is 1. The average Bonchev–Trinajstić information content (AvgIpc) is 2.55. The minimum absolute atomic E-state index is 0.173. The summed E-state index contributed by atoms with van der Waals surface area (Å²) in [6.45, 7) is 0.657. The van der Waals surface area contributed by atoms with Crippen LogP contribution in [0.4, 0.5) is 4.39 Å². The van der Waals surface area contributed by atoms with Crippen molar-refractivity contribution in [3.8, 4) is 0 Å². The second-order valence-corrected chi connectivity index (χ2v) is 5.65. The van der Waals surface area contributed by atoms with E-state index in [9.17, 15) is 4.39 Å². The fourth-order valence-corrected chi connectivity index (χ4v) is 2.55. The lowest BCUT2D eigenvalue weighted by Gasteiger charge is -2.35. The Hall–Kier alpha value is -1.98. The van der Waals surface area contributed by atoms with E-state index in [0.29, 0.717) is 6.61 Å². The van der Waals surface area contributed by atoms with Gasteiger partial charge in [-0.1, -0.05) is 36.4 Å². The third kappa shape index (κ3) is 3.86. The van der Waals surface area contributed by atoms with E-state index in [-0.39, 0.29) is 18.3 Å². The van der Waals surface area contributed by atoms with Gasteiger partial charge in [0.2, 0.25) is 0 Å². The summed E-state index contributed by atoms with van der Waals surface area (Å²) in [5, 5.41) is 8.28. The van der Waals surface area contributed by atoms with Crippen LogP contribution >= 0.6 is 0 Å². The van der Waals surface area contributed by atoms with Crippen molar-refractivity contribution in [1.82, 2.24) is 4.90 Å². The molecule has 0 amide bonds. The van der Waals surface area contributed by atoms with Crippen molar-refractivity contribution in [3.05, 3.63) is 60.0 Å². The molecule has 0 radical (unpaired) electrons. The molecule has 1 aliphatic rings. The fourth-order valence-electron chi connectivity index (χ4n) is 2.55. The highest BCUT2D eigenvalue weighted by molar-refractivity contribution is 5.92. The van der Waals surface area contributed by atoms with Gasteiger partial charge >= 0.3 is 0 Å². The maximum Gasteiger partial charge on any atom is 0.164 e. The minimum Gasteiger partial charge on any atom is -0.382 e. The van der Waals surface area contributed by atoms with Gasteiger partial charge in [0.05, 0.1) is 19.1 Å². The zero-order chi connectivity index (χ0) is 16.9. The Bertz CT molecular complexity index is 598. The lowest BCUT2D eigenvalue weighted by Crippen LogP contribution is -2.47. The van der Waals surface area contributed by atoms with Crippen LogP contribution in [0.15, 0.2) is 54.4 Å². The van der Waals surface area contributed by atoms with E-state index in [1.165, 1.54) is 6.08 Å².